The third-order valence-electron chi connectivity index (χ3n) is 10.7. The highest BCUT2D eigenvalue weighted by atomic mass is 14.8. The molecule has 0 aliphatic heterocycles. The van der Waals surface area contributed by atoms with E-state index in [2.05, 4.69) is 157 Å². The summed E-state index contributed by atoms with van der Waals surface area (Å²) in [6, 6.07) is 62.0. The van der Waals surface area contributed by atoms with Gasteiger partial charge in [0.1, 0.15) is 0 Å². The summed E-state index contributed by atoms with van der Waals surface area (Å²) < 4.78 is 0. The molecule has 0 unspecified atom stereocenters. The Morgan fingerprint density at radius 2 is 0.907 bits per heavy atom. The lowest BCUT2D eigenvalue weighted by molar-refractivity contribution is 1.28. The lowest BCUT2D eigenvalue weighted by Gasteiger charge is -2.18. The second-order valence-corrected chi connectivity index (χ2v) is 13.8. The fraction of sp³-hybridized carbons (Fsp3) is 0. The predicted octanol–water partition coefficient (Wildman–Crippen LogP) is 12.9. The lowest BCUT2D eigenvalue weighted by atomic mass is 9.87. The van der Waals surface area contributed by atoms with E-state index in [1.165, 1.54) is 27.5 Å². The van der Waals surface area contributed by atoms with Crippen LogP contribution in [0.2, 0.25) is 0 Å². The quantitative estimate of drug-likeness (QED) is 0.137. The van der Waals surface area contributed by atoms with E-state index in [9.17, 15) is 0 Å². The average Bonchev–Trinajstić information content (AvgIpc) is 3.24. The van der Waals surface area contributed by atoms with Crippen LogP contribution in [-0.4, -0.2) is 19.9 Å². The Balaban J connectivity index is 1.16. The zero-order valence-electron chi connectivity index (χ0n) is 29.1. The maximum atomic E-state index is 5.52. The minimum Gasteiger partial charge on any atom is -0.255 e. The van der Waals surface area contributed by atoms with Gasteiger partial charge in [0.25, 0.3) is 0 Å². The molecule has 0 amide bonds. The second-order valence-electron chi connectivity index (χ2n) is 13.8. The summed E-state index contributed by atoms with van der Waals surface area (Å²) in [5, 5.41) is 9.02. The van der Waals surface area contributed by atoms with Crippen LogP contribution < -0.4 is 0 Å². The third kappa shape index (κ3) is 4.78. The Bertz CT molecular complexity index is 3210. The van der Waals surface area contributed by atoms with Crippen LogP contribution in [0.3, 0.4) is 0 Å². The van der Waals surface area contributed by atoms with Crippen LogP contribution in [0, 0.1) is 0 Å². The highest BCUT2D eigenvalue weighted by Gasteiger charge is 2.20. The van der Waals surface area contributed by atoms with E-state index in [-0.39, 0.29) is 0 Å². The van der Waals surface area contributed by atoms with Crippen LogP contribution >= 0.6 is 0 Å². The van der Waals surface area contributed by atoms with Crippen molar-refractivity contribution in [3.8, 4) is 44.9 Å². The second kappa shape index (κ2) is 12.1. The molecule has 0 saturated carbocycles. The summed E-state index contributed by atoms with van der Waals surface area (Å²) in [5.41, 5.74) is 12.1. The first-order valence-corrected chi connectivity index (χ1v) is 18.2. The van der Waals surface area contributed by atoms with Crippen molar-refractivity contribution in [3.63, 3.8) is 0 Å². The number of para-hydroxylation sites is 1. The van der Waals surface area contributed by atoms with Gasteiger partial charge >= 0.3 is 0 Å². The minimum absolute atomic E-state index is 0.860. The number of hydrogen-bond donors (Lipinski definition) is 0. The minimum atomic E-state index is 0.860. The van der Waals surface area contributed by atoms with E-state index in [1.807, 2.05) is 30.5 Å². The molecule has 7 aromatic carbocycles. The molecule has 0 aliphatic carbocycles. The van der Waals surface area contributed by atoms with Gasteiger partial charge in [-0.1, -0.05) is 140 Å². The van der Waals surface area contributed by atoms with Crippen LogP contribution in [0.25, 0.3) is 110 Å². The van der Waals surface area contributed by atoms with Crippen molar-refractivity contribution in [2.24, 2.45) is 0 Å². The molecule has 4 heteroatoms. The van der Waals surface area contributed by atoms with Crippen molar-refractivity contribution in [1.82, 2.24) is 19.9 Å². The van der Waals surface area contributed by atoms with E-state index in [0.717, 1.165) is 82.6 Å². The molecule has 11 aromatic rings. The predicted molar refractivity (Wildman–Crippen MR) is 224 cm³/mol. The summed E-state index contributed by atoms with van der Waals surface area (Å²) >= 11 is 0. The molecule has 0 N–H and O–H groups in total. The summed E-state index contributed by atoms with van der Waals surface area (Å²) in [6.45, 7) is 0. The van der Waals surface area contributed by atoms with Gasteiger partial charge in [-0.2, -0.15) is 0 Å². The Labute approximate surface area is 311 Å². The largest absolute Gasteiger partial charge is 0.255 e. The van der Waals surface area contributed by atoms with Crippen LogP contribution in [0.1, 0.15) is 0 Å². The first kappa shape index (κ1) is 30.3. The first-order chi connectivity index (χ1) is 26.8. The molecule has 0 spiro atoms. The zero-order chi connectivity index (χ0) is 35.6. The Hall–Kier alpha value is -7.30. The molecule has 4 aromatic heterocycles. The Morgan fingerprint density at radius 1 is 0.296 bits per heavy atom. The summed E-state index contributed by atoms with van der Waals surface area (Å²) in [5.74, 6) is 0. The van der Waals surface area contributed by atoms with Gasteiger partial charge in [0.2, 0.25) is 0 Å². The fourth-order valence-corrected chi connectivity index (χ4v) is 8.24. The van der Waals surface area contributed by atoms with E-state index in [4.69, 9.17) is 15.0 Å². The number of benzene rings is 7. The van der Waals surface area contributed by atoms with E-state index >= 15 is 0 Å². The van der Waals surface area contributed by atoms with Gasteiger partial charge in [-0.25, -0.2) is 15.0 Å². The molecule has 54 heavy (non-hydrogen) atoms. The summed E-state index contributed by atoms with van der Waals surface area (Å²) in [6.07, 6.45) is 1.81. The van der Waals surface area contributed by atoms with Gasteiger partial charge in [-0.15, -0.1) is 0 Å². The molecule has 0 fully saturated rings. The maximum absolute atomic E-state index is 5.52. The molecule has 0 radical (unpaired) electrons. The topological polar surface area (TPSA) is 51.6 Å². The molecule has 4 heterocycles. The normalized spacial score (nSPS) is 11.7. The Kier molecular flexibility index (Phi) is 6.82. The zero-order valence-corrected chi connectivity index (χ0v) is 29.1. The molecule has 250 valence electrons. The number of nitrogens with zero attached hydrogens (tertiary/aromatic N) is 4. The summed E-state index contributed by atoms with van der Waals surface area (Å²) in [7, 11) is 0. The average molecular weight is 687 g/mol. The van der Waals surface area contributed by atoms with Crippen molar-refractivity contribution < 1.29 is 0 Å². The van der Waals surface area contributed by atoms with E-state index in [0.29, 0.717) is 0 Å². The Morgan fingerprint density at radius 3 is 1.67 bits per heavy atom. The monoisotopic (exact) mass is 686 g/mol. The maximum Gasteiger partial charge on any atom is 0.0978 e. The van der Waals surface area contributed by atoms with Gasteiger partial charge in [0.15, 0.2) is 0 Å². The van der Waals surface area contributed by atoms with Gasteiger partial charge < -0.3 is 0 Å². The number of hydrogen-bond acceptors (Lipinski definition) is 4. The van der Waals surface area contributed by atoms with Gasteiger partial charge in [-0.05, 0) is 74.6 Å². The molecule has 0 saturated heterocycles. The van der Waals surface area contributed by atoms with Gasteiger partial charge in [-0.3, -0.25) is 4.98 Å². The number of rotatable bonds is 4. The van der Waals surface area contributed by atoms with E-state index < -0.39 is 0 Å². The number of aromatic nitrogens is 4. The van der Waals surface area contributed by atoms with Crippen LogP contribution in [0.15, 0.2) is 182 Å². The molecule has 0 atom stereocenters. The highest BCUT2D eigenvalue weighted by molar-refractivity contribution is 6.22. The highest BCUT2D eigenvalue weighted by Crippen LogP contribution is 2.45. The van der Waals surface area contributed by atoms with Gasteiger partial charge in [0, 0.05) is 38.9 Å². The molecule has 4 nitrogen and oxygen atoms in total. The molecule has 0 bridgehead atoms. The van der Waals surface area contributed by atoms with Crippen molar-refractivity contribution in [2.45, 2.75) is 0 Å². The summed E-state index contributed by atoms with van der Waals surface area (Å²) in [4.78, 5) is 20.4. The number of pyridine rings is 4. The van der Waals surface area contributed by atoms with Crippen molar-refractivity contribution in [3.05, 3.63) is 182 Å². The molecular formula is C50H30N4. The molecule has 0 aliphatic rings. The van der Waals surface area contributed by atoms with Crippen molar-refractivity contribution >= 4 is 65.2 Å². The van der Waals surface area contributed by atoms with Crippen molar-refractivity contribution in [1.29, 1.82) is 0 Å². The van der Waals surface area contributed by atoms with Crippen LogP contribution in [0.5, 0.6) is 0 Å². The molecule has 11 rings (SSSR count). The van der Waals surface area contributed by atoms with Crippen molar-refractivity contribution in [2.75, 3.05) is 0 Å². The fourth-order valence-electron chi connectivity index (χ4n) is 8.24. The standard InChI is InChI=1S/C50H30N4/c1-2-12-32(13-3-1)46-39-18-8-9-19-41(39)53-50-40(46)26-23-33-25-28-44(54-49(33)50)48-37-16-6-4-14-35(37)47(36-15-5-7-17-38(36)48)34-22-21-31-24-27-43(52-45(31)30-34)42-20-10-11-29-51-42/h1-30H. The van der Waals surface area contributed by atoms with Gasteiger partial charge in [0.05, 0.1) is 39.1 Å². The van der Waals surface area contributed by atoms with E-state index in [1.54, 1.807) is 0 Å². The van der Waals surface area contributed by atoms with Crippen LogP contribution in [-0.2, 0) is 0 Å². The third-order valence-corrected chi connectivity index (χ3v) is 10.7. The number of fused-ring (bicyclic) bond motifs is 7. The molecular weight excluding hydrogens is 657 g/mol. The smallest absolute Gasteiger partial charge is 0.0978 e. The SMILES string of the molecule is c1ccc(-c2c3ccccc3nc3c2ccc2ccc(-c4c5ccccc5c(-c5ccc6ccc(-c7ccccn7)nc6c5)c5ccccc45)nc23)cc1. The first-order valence-electron chi connectivity index (χ1n) is 18.2. The van der Waals surface area contributed by atoms with Crippen LogP contribution in [0.4, 0.5) is 0 Å². The lowest BCUT2D eigenvalue weighted by Crippen LogP contribution is -1.95.